The Hall–Kier alpha value is -0.920. The van der Waals surface area contributed by atoms with E-state index in [0.29, 0.717) is 0 Å². The summed E-state index contributed by atoms with van der Waals surface area (Å²) in [6, 6.07) is 1.87. The summed E-state index contributed by atoms with van der Waals surface area (Å²) in [6.45, 7) is 4.96. The molecule has 2 rings (SSSR count). The van der Waals surface area contributed by atoms with Crippen LogP contribution in [0.25, 0.3) is 0 Å². The van der Waals surface area contributed by atoms with Gasteiger partial charge >= 0.3 is 0 Å². The SMILES string of the molecule is CC1(C)COc2ccoc21. The Bertz CT molecular complexity index is 248. The van der Waals surface area contributed by atoms with Crippen LogP contribution < -0.4 is 4.74 Å². The summed E-state index contributed by atoms with van der Waals surface area (Å²) < 4.78 is 10.6. The number of ether oxygens (including phenoxy) is 1. The maximum Gasteiger partial charge on any atom is 0.161 e. The summed E-state index contributed by atoms with van der Waals surface area (Å²) in [5, 5.41) is 0. The van der Waals surface area contributed by atoms with Crippen LogP contribution in [-0.2, 0) is 5.41 Å². The Morgan fingerprint density at radius 2 is 2.30 bits per heavy atom. The van der Waals surface area contributed by atoms with Crippen molar-refractivity contribution in [2.45, 2.75) is 19.3 Å². The number of fused-ring (bicyclic) bond motifs is 1. The molecule has 10 heavy (non-hydrogen) atoms. The van der Waals surface area contributed by atoms with E-state index in [2.05, 4.69) is 13.8 Å². The van der Waals surface area contributed by atoms with E-state index in [1.807, 2.05) is 6.07 Å². The summed E-state index contributed by atoms with van der Waals surface area (Å²) in [7, 11) is 0. The van der Waals surface area contributed by atoms with Gasteiger partial charge in [-0.1, -0.05) is 0 Å². The van der Waals surface area contributed by atoms with Gasteiger partial charge in [0, 0.05) is 6.07 Å². The van der Waals surface area contributed by atoms with Gasteiger partial charge in [-0.05, 0) is 13.8 Å². The molecule has 1 aromatic rings. The van der Waals surface area contributed by atoms with Crippen LogP contribution in [0.4, 0.5) is 0 Å². The minimum atomic E-state index is 0.0683. The van der Waals surface area contributed by atoms with E-state index in [1.165, 1.54) is 0 Å². The van der Waals surface area contributed by atoms with Crippen LogP contribution in [0.15, 0.2) is 16.7 Å². The van der Waals surface area contributed by atoms with Gasteiger partial charge in [0.1, 0.15) is 6.61 Å². The van der Waals surface area contributed by atoms with E-state index < -0.39 is 0 Å². The molecule has 0 atom stereocenters. The molecule has 0 fully saturated rings. The van der Waals surface area contributed by atoms with Crippen LogP contribution in [-0.4, -0.2) is 6.61 Å². The smallest absolute Gasteiger partial charge is 0.161 e. The van der Waals surface area contributed by atoms with E-state index in [9.17, 15) is 0 Å². The largest absolute Gasteiger partial charge is 0.489 e. The molecule has 2 nitrogen and oxygen atoms in total. The summed E-state index contributed by atoms with van der Waals surface area (Å²) >= 11 is 0. The van der Waals surface area contributed by atoms with Gasteiger partial charge < -0.3 is 9.15 Å². The quantitative estimate of drug-likeness (QED) is 0.546. The highest BCUT2D eigenvalue weighted by atomic mass is 16.5. The van der Waals surface area contributed by atoms with Crippen molar-refractivity contribution in [3.05, 3.63) is 18.1 Å². The molecule has 1 aliphatic heterocycles. The van der Waals surface area contributed by atoms with E-state index in [1.54, 1.807) is 6.26 Å². The van der Waals surface area contributed by atoms with Gasteiger partial charge in [0.2, 0.25) is 0 Å². The van der Waals surface area contributed by atoms with Crippen molar-refractivity contribution >= 4 is 0 Å². The highest BCUT2D eigenvalue weighted by Gasteiger charge is 2.34. The van der Waals surface area contributed by atoms with Crippen molar-refractivity contribution < 1.29 is 9.15 Å². The summed E-state index contributed by atoms with van der Waals surface area (Å²) in [4.78, 5) is 0. The monoisotopic (exact) mass is 138 g/mol. The first kappa shape index (κ1) is 5.83. The van der Waals surface area contributed by atoms with Gasteiger partial charge in [0.25, 0.3) is 0 Å². The highest BCUT2D eigenvalue weighted by molar-refractivity contribution is 5.34. The lowest BCUT2D eigenvalue weighted by Gasteiger charge is -2.11. The van der Waals surface area contributed by atoms with E-state index in [4.69, 9.17) is 9.15 Å². The first-order valence-electron chi connectivity index (χ1n) is 3.41. The van der Waals surface area contributed by atoms with Crippen LogP contribution in [0.5, 0.6) is 5.75 Å². The van der Waals surface area contributed by atoms with Crippen LogP contribution in [0.3, 0.4) is 0 Å². The molecule has 54 valence electrons. The molecule has 0 spiro atoms. The van der Waals surface area contributed by atoms with Crippen molar-refractivity contribution in [2.75, 3.05) is 6.61 Å². The molecule has 1 aromatic heterocycles. The molecule has 0 bridgehead atoms. The Balaban J connectivity index is 2.54. The second-order valence-electron chi connectivity index (χ2n) is 3.29. The standard InChI is InChI=1S/C8H10O2/c1-8(2)5-10-6-3-4-9-7(6)8/h3-4H,5H2,1-2H3. The number of hydrogen-bond donors (Lipinski definition) is 0. The lowest BCUT2D eigenvalue weighted by atomic mass is 9.93. The Morgan fingerprint density at radius 1 is 1.50 bits per heavy atom. The summed E-state index contributed by atoms with van der Waals surface area (Å²) in [5.74, 6) is 1.89. The van der Waals surface area contributed by atoms with Crippen LogP contribution in [0.1, 0.15) is 19.6 Å². The number of hydrogen-bond acceptors (Lipinski definition) is 2. The molecule has 1 aliphatic rings. The van der Waals surface area contributed by atoms with Gasteiger partial charge in [-0.25, -0.2) is 0 Å². The minimum absolute atomic E-state index is 0.0683. The number of rotatable bonds is 0. The zero-order chi connectivity index (χ0) is 7.19. The third-order valence-corrected chi connectivity index (χ3v) is 1.83. The molecule has 0 amide bonds. The second-order valence-corrected chi connectivity index (χ2v) is 3.29. The highest BCUT2D eigenvalue weighted by Crippen LogP contribution is 2.38. The van der Waals surface area contributed by atoms with Gasteiger partial charge in [0.15, 0.2) is 11.5 Å². The van der Waals surface area contributed by atoms with E-state index >= 15 is 0 Å². The predicted molar refractivity (Wildman–Crippen MR) is 37.2 cm³/mol. The van der Waals surface area contributed by atoms with Gasteiger partial charge in [-0.2, -0.15) is 0 Å². The van der Waals surface area contributed by atoms with Crippen LogP contribution in [0.2, 0.25) is 0 Å². The molecule has 2 heteroatoms. The summed E-state index contributed by atoms with van der Waals surface area (Å²) in [5.41, 5.74) is 0.0683. The van der Waals surface area contributed by atoms with Gasteiger partial charge in [-0.3, -0.25) is 0 Å². The van der Waals surface area contributed by atoms with Gasteiger partial charge in [0.05, 0.1) is 11.7 Å². The second kappa shape index (κ2) is 1.57. The lowest BCUT2D eigenvalue weighted by molar-refractivity contribution is 0.277. The average Bonchev–Trinajstić information content (AvgIpc) is 2.36. The molecule has 0 N–H and O–H groups in total. The Labute approximate surface area is 59.8 Å². The fourth-order valence-electron chi connectivity index (χ4n) is 1.23. The first-order valence-corrected chi connectivity index (χ1v) is 3.41. The molecule has 0 aliphatic carbocycles. The van der Waals surface area contributed by atoms with Crippen molar-refractivity contribution in [3.8, 4) is 5.75 Å². The zero-order valence-electron chi connectivity index (χ0n) is 6.18. The molecule has 0 radical (unpaired) electrons. The third-order valence-electron chi connectivity index (χ3n) is 1.83. The molecule has 2 heterocycles. The Kier molecular flexibility index (Phi) is 0.914. The third kappa shape index (κ3) is 0.589. The van der Waals surface area contributed by atoms with E-state index in [0.717, 1.165) is 18.1 Å². The Morgan fingerprint density at radius 3 is 3.00 bits per heavy atom. The maximum absolute atomic E-state index is 5.36. The molecular weight excluding hydrogens is 128 g/mol. The molecule has 0 saturated carbocycles. The molecular formula is C8H10O2. The van der Waals surface area contributed by atoms with Crippen molar-refractivity contribution in [1.82, 2.24) is 0 Å². The molecule has 0 saturated heterocycles. The maximum atomic E-state index is 5.36. The van der Waals surface area contributed by atoms with Gasteiger partial charge in [-0.15, -0.1) is 0 Å². The van der Waals surface area contributed by atoms with Crippen molar-refractivity contribution in [1.29, 1.82) is 0 Å². The number of furan rings is 1. The zero-order valence-corrected chi connectivity index (χ0v) is 6.18. The fourth-order valence-corrected chi connectivity index (χ4v) is 1.23. The molecule has 0 aromatic carbocycles. The minimum Gasteiger partial charge on any atom is -0.489 e. The van der Waals surface area contributed by atoms with Crippen LogP contribution >= 0.6 is 0 Å². The predicted octanol–water partition coefficient (Wildman–Crippen LogP) is 1.95. The van der Waals surface area contributed by atoms with E-state index in [-0.39, 0.29) is 5.41 Å². The average molecular weight is 138 g/mol. The van der Waals surface area contributed by atoms with Crippen LogP contribution in [0, 0.1) is 0 Å². The fraction of sp³-hybridized carbons (Fsp3) is 0.500. The topological polar surface area (TPSA) is 22.4 Å². The van der Waals surface area contributed by atoms with Crippen molar-refractivity contribution in [2.24, 2.45) is 0 Å². The van der Waals surface area contributed by atoms with Crippen molar-refractivity contribution in [3.63, 3.8) is 0 Å². The molecule has 0 unspecified atom stereocenters. The summed E-state index contributed by atoms with van der Waals surface area (Å²) in [6.07, 6.45) is 1.67. The first-order chi connectivity index (χ1) is 4.70. The normalized spacial score (nSPS) is 20.2. The lowest BCUT2D eigenvalue weighted by Crippen LogP contribution is -2.18.